The van der Waals surface area contributed by atoms with Gasteiger partial charge in [0.15, 0.2) is 0 Å². The summed E-state index contributed by atoms with van der Waals surface area (Å²) in [6.07, 6.45) is 1.19. The van der Waals surface area contributed by atoms with E-state index in [1.807, 2.05) is 0 Å². The second-order valence-electron chi connectivity index (χ2n) is 6.27. The first kappa shape index (κ1) is 14.3. The number of hydrogen-bond donors (Lipinski definition) is 3. The van der Waals surface area contributed by atoms with E-state index in [1.165, 1.54) is 0 Å². The summed E-state index contributed by atoms with van der Waals surface area (Å²) in [5, 5.41) is 13.0. The Bertz CT molecular complexity index is 391. The van der Waals surface area contributed by atoms with Gasteiger partial charge in [-0.1, -0.05) is 0 Å². The highest BCUT2D eigenvalue weighted by Gasteiger charge is 2.51. The number of carbonyl (C=O) groups excluding carboxylic acids is 2. The van der Waals surface area contributed by atoms with Crippen LogP contribution in [0, 0.1) is 5.41 Å². The van der Waals surface area contributed by atoms with Crippen molar-refractivity contribution in [2.24, 2.45) is 11.1 Å². The molecule has 0 bridgehead atoms. The van der Waals surface area contributed by atoms with Crippen LogP contribution in [-0.2, 0) is 9.59 Å². The molecule has 0 aliphatic carbocycles. The zero-order valence-corrected chi connectivity index (χ0v) is 11.6. The number of aliphatic hydroxyl groups excluding tert-OH is 1. The Morgan fingerprint density at radius 3 is 2.84 bits per heavy atom. The highest BCUT2D eigenvalue weighted by atomic mass is 16.3. The summed E-state index contributed by atoms with van der Waals surface area (Å²) in [5.41, 5.74) is 4.04. The first-order chi connectivity index (χ1) is 8.77. The molecule has 4 N–H and O–H groups in total. The van der Waals surface area contributed by atoms with Gasteiger partial charge in [0.05, 0.1) is 17.1 Å². The van der Waals surface area contributed by atoms with Crippen LogP contribution in [0.4, 0.5) is 0 Å². The van der Waals surface area contributed by atoms with E-state index >= 15 is 0 Å². The third-order valence-electron chi connectivity index (χ3n) is 4.16. The number of amides is 2. The molecular weight excluding hydrogens is 246 g/mol. The summed E-state index contributed by atoms with van der Waals surface area (Å²) in [7, 11) is 0. The minimum absolute atomic E-state index is 0.140. The molecule has 1 spiro atoms. The molecule has 2 amide bonds. The summed E-state index contributed by atoms with van der Waals surface area (Å²) < 4.78 is 0. The minimum atomic E-state index is -0.950. The van der Waals surface area contributed by atoms with E-state index in [1.54, 1.807) is 18.7 Å². The summed E-state index contributed by atoms with van der Waals surface area (Å²) in [4.78, 5) is 26.0. The summed E-state index contributed by atoms with van der Waals surface area (Å²) >= 11 is 0. The molecule has 108 valence electrons. The Morgan fingerprint density at radius 2 is 2.26 bits per heavy atom. The third-order valence-corrected chi connectivity index (χ3v) is 4.16. The molecule has 0 aromatic carbocycles. The lowest BCUT2D eigenvalue weighted by atomic mass is 9.71. The van der Waals surface area contributed by atoms with Gasteiger partial charge in [0, 0.05) is 19.6 Å². The molecular formula is C13H23N3O3. The number of piperidine rings is 2. The van der Waals surface area contributed by atoms with E-state index in [0.29, 0.717) is 25.9 Å². The maximum Gasteiger partial charge on any atom is 0.242 e. The molecule has 6 nitrogen and oxygen atoms in total. The number of nitrogens with two attached hydrogens (primary N) is 1. The second-order valence-corrected chi connectivity index (χ2v) is 6.27. The number of nitrogens with one attached hydrogen (secondary N) is 1. The van der Waals surface area contributed by atoms with Gasteiger partial charge in [-0.25, -0.2) is 0 Å². The first-order valence-electron chi connectivity index (χ1n) is 6.82. The van der Waals surface area contributed by atoms with Gasteiger partial charge in [0.25, 0.3) is 0 Å². The molecule has 2 rings (SSSR count). The standard InChI is InChI=1S/C13H23N3O3/c1-12(2,14)11(19)16-7-4-9(17)13(8-16)5-3-6-15-10(13)18/h9,17H,3-8,14H2,1-2H3,(H,15,18)/t9-,13-/m1/s1. The Morgan fingerprint density at radius 1 is 1.58 bits per heavy atom. The molecule has 2 saturated heterocycles. The van der Waals surface area contributed by atoms with E-state index in [0.717, 1.165) is 6.42 Å². The predicted octanol–water partition coefficient (Wildman–Crippen LogP) is -0.787. The van der Waals surface area contributed by atoms with Crippen molar-refractivity contribution in [1.29, 1.82) is 0 Å². The van der Waals surface area contributed by atoms with Crippen molar-refractivity contribution in [2.75, 3.05) is 19.6 Å². The van der Waals surface area contributed by atoms with Gasteiger partial charge in [0.1, 0.15) is 0 Å². The topological polar surface area (TPSA) is 95.7 Å². The number of likely N-dealkylation sites (tertiary alicyclic amines) is 1. The van der Waals surface area contributed by atoms with E-state index in [9.17, 15) is 14.7 Å². The van der Waals surface area contributed by atoms with E-state index in [-0.39, 0.29) is 18.4 Å². The average molecular weight is 269 g/mol. The van der Waals surface area contributed by atoms with Gasteiger partial charge in [-0.2, -0.15) is 0 Å². The Hall–Kier alpha value is -1.14. The zero-order chi connectivity index (χ0) is 14.3. The number of carbonyl (C=O) groups is 2. The quantitative estimate of drug-likeness (QED) is 0.581. The molecule has 2 aliphatic heterocycles. The SMILES string of the molecule is CC(C)(N)C(=O)N1CC[C@@H](O)[C@@]2(CCCNC2=O)C1. The van der Waals surface area contributed by atoms with Crippen LogP contribution in [0.2, 0.25) is 0 Å². The Balaban J connectivity index is 2.21. The summed E-state index contributed by atoms with van der Waals surface area (Å²) in [5.74, 6) is -0.310. The lowest BCUT2D eigenvalue weighted by Gasteiger charge is -2.47. The van der Waals surface area contributed by atoms with Crippen molar-refractivity contribution < 1.29 is 14.7 Å². The van der Waals surface area contributed by atoms with Crippen LogP contribution in [0.1, 0.15) is 33.1 Å². The lowest BCUT2D eigenvalue weighted by Crippen LogP contribution is -2.64. The molecule has 2 fully saturated rings. The Labute approximate surface area is 113 Å². The fourth-order valence-electron chi connectivity index (χ4n) is 3.02. The zero-order valence-electron chi connectivity index (χ0n) is 11.6. The number of aliphatic hydroxyl groups is 1. The molecule has 0 saturated carbocycles. The van der Waals surface area contributed by atoms with Crippen molar-refractivity contribution in [3.63, 3.8) is 0 Å². The second kappa shape index (κ2) is 4.76. The van der Waals surface area contributed by atoms with E-state index in [2.05, 4.69) is 5.32 Å². The van der Waals surface area contributed by atoms with Gasteiger partial charge >= 0.3 is 0 Å². The summed E-state index contributed by atoms with van der Waals surface area (Å²) in [6.45, 7) is 4.68. The highest BCUT2D eigenvalue weighted by molar-refractivity contribution is 5.88. The third kappa shape index (κ3) is 2.47. The molecule has 19 heavy (non-hydrogen) atoms. The molecule has 2 aliphatic rings. The molecule has 0 aromatic rings. The van der Waals surface area contributed by atoms with Gasteiger partial charge in [-0.05, 0) is 33.1 Å². The molecule has 6 heteroatoms. The number of rotatable bonds is 1. The fraction of sp³-hybridized carbons (Fsp3) is 0.846. The van der Waals surface area contributed by atoms with E-state index < -0.39 is 17.1 Å². The first-order valence-corrected chi connectivity index (χ1v) is 6.82. The average Bonchev–Trinajstić information content (AvgIpc) is 2.34. The minimum Gasteiger partial charge on any atom is -0.392 e. The molecule has 0 aromatic heterocycles. The van der Waals surface area contributed by atoms with Crippen molar-refractivity contribution in [2.45, 2.75) is 44.8 Å². The molecule has 2 atom stereocenters. The Kier molecular flexibility index (Phi) is 3.57. The van der Waals surface area contributed by atoms with Gasteiger partial charge in [-0.3, -0.25) is 9.59 Å². The van der Waals surface area contributed by atoms with Crippen LogP contribution in [-0.4, -0.2) is 53.1 Å². The maximum atomic E-state index is 12.2. The van der Waals surface area contributed by atoms with Crippen molar-refractivity contribution in [1.82, 2.24) is 10.2 Å². The summed E-state index contributed by atoms with van der Waals surface area (Å²) in [6, 6.07) is 0. The van der Waals surface area contributed by atoms with Crippen LogP contribution >= 0.6 is 0 Å². The van der Waals surface area contributed by atoms with Crippen LogP contribution in [0.5, 0.6) is 0 Å². The maximum absolute atomic E-state index is 12.2. The van der Waals surface area contributed by atoms with Crippen LogP contribution in [0.15, 0.2) is 0 Å². The molecule has 0 unspecified atom stereocenters. The normalized spacial score (nSPS) is 32.3. The van der Waals surface area contributed by atoms with Crippen LogP contribution in [0.25, 0.3) is 0 Å². The smallest absolute Gasteiger partial charge is 0.242 e. The molecule has 0 radical (unpaired) electrons. The van der Waals surface area contributed by atoms with Crippen molar-refractivity contribution in [3.8, 4) is 0 Å². The lowest BCUT2D eigenvalue weighted by molar-refractivity contribution is -0.156. The van der Waals surface area contributed by atoms with Gasteiger partial charge in [-0.15, -0.1) is 0 Å². The number of nitrogens with zero attached hydrogens (tertiary/aromatic N) is 1. The monoisotopic (exact) mass is 269 g/mol. The fourth-order valence-corrected chi connectivity index (χ4v) is 3.02. The van der Waals surface area contributed by atoms with Crippen LogP contribution in [0.3, 0.4) is 0 Å². The van der Waals surface area contributed by atoms with E-state index in [4.69, 9.17) is 5.73 Å². The highest BCUT2D eigenvalue weighted by Crippen LogP contribution is 2.37. The largest absolute Gasteiger partial charge is 0.392 e. The van der Waals surface area contributed by atoms with Gasteiger partial charge in [0.2, 0.25) is 11.8 Å². The van der Waals surface area contributed by atoms with Gasteiger partial charge < -0.3 is 21.1 Å². The number of hydrogen-bond acceptors (Lipinski definition) is 4. The van der Waals surface area contributed by atoms with Crippen molar-refractivity contribution in [3.05, 3.63) is 0 Å². The van der Waals surface area contributed by atoms with Crippen molar-refractivity contribution >= 4 is 11.8 Å². The van der Waals surface area contributed by atoms with Crippen LogP contribution < -0.4 is 11.1 Å². The molecule has 2 heterocycles. The predicted molar refractivity (Wildman–Crippen MR) is 70.1 cm³/mol.